The van der Waals surface area contributed by atoms with Crippen molar-refractivity contribution < 1.29 is 23.5 Å². The number of hydrogen-bond donors (Lipinski definition) is 3. The van der Waals surface area contributed by atoms with E-state index in [0.29, 0.717) is 17.0 Å². The van der Waals surface area contributed by atoms with E-state index in [1.165, 1.54) is 24.4 Å². The molecule has 5 rings (SSSR count). The minimum atomic E-state index is -1.03. The summed E-state index contributed by atoms with van der Waals surface area (Å²) < 4.78 is 19.3. The Morgan fingerprint density at radius 3 is 2.40 bits per heavy atom. The number of hydrazone groups is 1. The third-order valence-electron chi connectivity index (χ3n) is 6.50. The Morgan fingerprint density at radius 1 is 0.814 bits per heavy atom. The highest BCUT2D eigenvalue weighted by Gasteiger charge is 2.18. The van der Waals surface area contributed by atoms with Gasteiger partial charge in [-0.25, -0.2) is 9.82 Å². The first kappa shape index (κ1) is 28.7. The van der Waals surface area contributed by atoms with E-state index in [-0.39, 0.29) is 23.7 Å². The van der Waals surface area contributed by atoms with Crippen LogP contribution in [-0.4, -0.2) is 23.9 Å². The number of rotatable bonds is 8. The van der Waals surface area contributed by atoms with Crippen LogP contribution in [0.15, 0.2) is 114 Å². The van der Waals surface area contributed by atoms with Crippen molar-refractivity contribution in [2.75, 3.05) is 10.6 Å². The molecule has 0 aliphatic carbocycles. The average molecular weight is 575 g/mol. The van der Waals surface area contributed by atoms with Crippen LogP contribution in [0.3, 0.4) is 0 Å². The van der Waals surface area contributed by atoms with Gasteiger partial charge in [0.05, 0.1) is 17.5 Å². The summed E-state index contributed by atoms with van der Waals surface area (Å²) in [5.74, 6) is -2.32. The zero-order chi connectivity index (χ0) is 30.2. The molecule has 3 N–H and O–H groups in total. The van der Waals surface area contributed by atoms with Gasteiger partial charge in [-0.2, -0.15) is 5.10 Å². The molecule has 0 saturated heterocycles. The van der Waals surface area contributed by atoms with Crippen LogP contribution in [0, 0.1) is 12.7 Å². The van der Waals surface area contributed by atoms with E-state index in [1.807, 2.05) is 55.5 Å². The molecule has 5 aromatic carbocycles. The lowest BCUT2D eigenvalue weighted by molar-refractivity contribution is -0.136. The minimum Gasteiger partial charge on any atom is -0.488 e. The number of aryl methyl sites for hydroxylation is 1. The zero-order valence-corrected chi connectivity index (χ0v) is 23.1. The maximum Gasteiger partial charge on any atom is 0.329 e. The second-order valence-electron chi connectivity index (χ2n) is 9.64. The summed E-state index contributed by atoms with van der Waals surface area (Å²) in [7, 11) is 0. The second-order valence-corrected chi connectivity index (χ2v) is 9.64. The molecule has 0 atom stereocenters. The van der Waals surface area contributed by atoms with Crippen LogP contribution in [0.2, 0.25) is 0 Å². The SMILES string of the molecule is Cc1cccc(NC(=O)c2ccccc2NC(=O)C(=O)NN=Cc2c(OCc3ccc(F)cc3)ccc3ccccc23)c1. The Labute approximate surface area is 247 Å². The molecule has 43 heavy (non-hydrogen) atoms. The van der Waals surface area contributed by atoms with E-state index >= 15 is 0 Å². The van der Waals surface area contributed by atoms with E-state index in [9.17, 15) is 18.8 Å². The van der Waals surface area contributed by atoms with E-state index in [4.69, 9.17) is 4.74 Å². The molecule has 214 valence electrons. The smallest absolute Gasteiger partial charge is 0.329 e. The van der Waals surface area contributed by atoms with Crippen LogP contribution < -0.4 is 20.8 Å². The van der Waals surface area contributed by atoms with Gasteiger partial charge in [-0.3, -0.25) is 14.4 Å². The highest BCUT2D eigenvalue weighted by Crippen LogP contribution is 2.27. The topological polar surface area (TPSA) is 109 Å². The number of anilines is 2. The highest BCUT2D eigenvalue weighted by atomic mass is 19.1. The molecular weight excluding hydrogens is 547 g/mol. The molecule has 0 unspecified atom stereocenters. The van der Waals surface area contributed by atoms with Crippen molar-refractivity contribution in [2.45, 2.75) is 13.5 Å². The summed E-state index contributed by atoms with van der Waals surface area (Å²) in [6.07, 6.45) is 1.40. The number of benzene rings is 5. The minimum absolute atomic E-state index is 0.169. The summed E-state index contributed by atoms with van der Waals surface area (Å²) >= 11 is 0. The fourth-order valence-electron chi connectivity index (χ4n) is 4.37. The number of nitrogens with zero attached hydrogens (tertiary/aromatic N) is 1. The van der Waals surface area contributed by atoms with Crippen molar-refractivity contribution in [1.82, 2.24) is 5.43 Å². The Hall–Kier alpha value is -5.83. The van der Waals surface area contributed by atoms with Crippen LogP contribution in [0.5, 0.6) is 5.75 Å². The van der Waals surface area contributed by atoms with Crippen LogP contribution in [0.1, 0.15) is 27.0 Å². The number of halogens is 1. The second kappa shape index (κ2) is 13.2. The lowest BCUT2D eigenvalue weighted by atomic mass is 10.0. The first-order valence-corrected chi connectivity index (χ1v) is 13.4. The van der Waals surface area contributed by atoms with Gasteiger partial charge in [0.25, 0.3) is 5.91 Å². The Morgan fingerprint density at radius 2 is 1.58 bits per heavy atom. The molecule has 8 nitrogen and oxygen atoms in total. The van der Waals surface area contributed by atoms with Crippen LogP contribution in [0.4, 0.5) is 15.8 Å². The summed E-state index contributed by atoms with van der Waals surface area (Å²) in [4.78, 5) is 38.3. The molecule has 5 aromatic rings. The summed E-state index contributed by atoms with van der Waals surface area (Å²) in [5.41, 5.74) is 5.53. The molecule has 0 aliphatic heterocycles. The van der Waals surface area contributed by atoms with Crippen LogP contribution in [0.25, 0.3) is 10.8 Å². The zero-order valence-electron chi connectivity index (χ0n) is 23.1. The molecule has 0 radical (unpaired) electrons. The van der Waals surface area contributed by atoms with Gasteiger partial charge in [0.15, 0.2) is 0 Å². The number of carbonyl (C=O) groups excluding carboxylic acids is 3. The van der Waals surface area contributed by atoms with Gasteiger partial charge in [0, 0.05) is 11.3 Å². The molecular formula is C34H27FN4O4. The van der Waals surface area contributed by atoms with Gasteiger partial charge in [-0.15, -0.1) is 0 Å². The van der Waals surface area contributed by atoms with Crippen molar-refractivity contribution in [3.05, 3.63) is 137 Å². The average Bonchev–Trinajstić information content (AvgIpc) is 3.01. The molecule has 0 bridgehead atoms. The van der Waals surface area contributed by atoms with Gasteiger partial charge in [0.2, 0.25) is 0 Å². The first-order valence-electron chi connectivity index (χ1n) is 13.4. The van der Waals surface area contributed by atoms with E-state index in [1.54, 1.807) is 42.5 Å². The number of nitrogens with one attached hydrogen (secondary N) is 3. The maximum absolute atomic E-state index is 13.3. The molecule has 3 amide bonds. The number of fused-ring (bicyclic) bond motifs is 1. The Balaban J connectivity index is 1.28. The molecule has 9 heteroatoms. The normalized spacial score (nSPS) is 10.8. The molecule has 0 spiro atoms. The molecule has 0 saturated carbocycles. The van der Waals surface area contributed by atoms with Gasteiger partial charge in [-0.05, 0) is 71.3 Å². The maximum atomic E-state index is 13.3. The largest absolute Gasteiger partial charge is 0.488 e. The first-order chi connectivity index (χ1) is 20.9. The number of ether oxygens (including phenoxy) is 1. The molecule has 0 fully saturated rings. The fraction of sp³-hybridized carbons (Fsp3) is 0.0588. The quantitative estimate of drug-likeness (QED) is 0.116. The lowest BCUT2D eigenvalue weighted by Gasteiger charge is -2.12. The molecule has 0 aromatic heterocycles. The predicted molar refractivity (Wildman–Crippen MR) is 165 cm³/mol. The molecule has 0 heterocycles. The number of amides is 3. The van der Waals surface area contributed by atoms with Gasteiger partial charge >= 0.3 is 11.8 Å². The monoisotopic (exact) mass is 574 g/mol. The molecule has 0 aliphatic rings. The van der Waals surface area contributed by atoms with Crippen molar-refractivity contribution in [3.63, 3.8) is 0 Å². The van der Waals surface area contributed by atoms with E-state index < -0.39 is 17.7 Å². The van der Waals surface area contributed by atoms with Crippen molar-refractivity contribution >= 4 is 46.1 Å². The third-order valence-corrected chi connectivity index (χ3v) is 6.50. The lowest BCUT2D eigenvalue weighted by Crippen LogP contribution is -2.33. The standard InChI is InChI=1S/C34H27FN4O4/c1-22-7-6-9-26(19-22)37-32(40)28-11-4-5-12-30(28)38-33(41)34(42)39-36-20-29-27-10-3-2-8-24(27)15-18-31(29)43-21-23-13-16-25(35)17-14-23/h2-20H,21H2,1H3,(H,37,40)(H,38,41)(H,39,42). The Bertz CT molecular complexity index is 1840. The fourth-order valence-corrected chi connectivity index (χ4v) is 4.37. The van der Waals surface area contributed by atoms with Gasteiger partial charge in [0.1, 0.15) is 18.2 Å². The number of hydrogen-bond acceptors (Lipinski definition) is 5. The highest BCUT2D eigenvalue weighted by molar-refractivity contribution is 6.40. The summed E-state index contributed by atoms with van der Waals surface area (Å²) in [5, 5.41) is 11.0. The van der Waals surface area contributed by atoms with Crippen LogP contribution >= 0.6 is 0 Å². The van der Waals surface area contributed by atoms with Crippen molar-refractivity contribution in [2.24, 2.45) is 5.10 Å². The van der Waals surface area contributed by atoms with Crippen LogP contribution in [-0.2, 0) is 16.2 Å². The van der Waals surface area contributed by atoms with Gasteiger partial charge in [-0.1, -0.05) is 66.7 Å². The summed E-state index contributed by atoms with van der Waals surface area (Å²) in [6, 6.07) is 30.9. The van der Waals surface area contributed by atoms with Crippen molar-refractivity contribution in [3.8, 4) is 5.75 Å². The Kier molecular flexibility index (Phi) is 8.82. The number of carbonyl (C=O) groups is 3. The van der Waals surface area contributed by atoms with E-state index in [2.05, 4.69) is 21.2 Å². The predicted octanol–water partition coefficient (Wildman–Crippen LogP) is 6.21. The van der Waals surface area contributed by atoms with Gasteiger partial charge < -0.3 is 15.4 Å². The van der Waals surface area contributed by atoms with Crippen molar-refractivity contribution in [1.29, 1.82) is 0 Å². The third kappa shape index (κ3) is 7.28. The van der Waals surface area contributed by atoms with E-state index in [0.717, 1.165) is 21.9 Å². The number of para-hydroxylation sites is 1. The summed E-state index contributed by atoms with van der Waals surface area (Å²) in [6.45, 7) is 2.10.